The maximum Gasteiger partial charge on any atom is 0.0995 e. The van der Waals surface area contributed by atoms with Crippen LogP contribution in [0.3, 0.4) is 0 Å². The van der Waals surface area contributed by atoms with E-state index >= 15 is 0 Å². The summed E-state index contributed by atoms with van der Waals surface area (Å²) < 4.78 is 0. The van der Waals surface area contributed by atoms with E-state index in [1.54, 1.807) is 0 Å². The Morgan fingerprint density at radius 2 is 1.74 bits per heavy atom. The molecule has 1 saturated carbocycles. The first-order chi connectivity index (χ1) is 9.31. The summed E-state index contributed by atoms with van der Waals surface area (Å²) >= 11 is 0. The molecule has 2 fully saturated rings. The molecule has 0 bridgehead atoms. The second kappa shape index (κ2) is 5.35. The molecule has 1 aromatic carbocycles. The monoisotopic (exact) mass is 254 g/mol. The zero-order chi connectivity index (χ0) is 13.1. The fraction of sp³-hybridized carbons (Fsp3) is 0.588. The largest absolute Gasteiger partial charge is 0.299 e. The number of nitrogens with zero attached hydrogens (tertiary/aromatic N) is 2. The summed E-state index contributed by atoms with van der Waals surface area (Å²) in [6, 6.07) is 10.3. The molecule has 1 aliphatic heterocycles. The minimum absolute atomic E-state index is 0.686. The first kappa shape index (κ1) is 12.7. The van der Waals surface area contributed by atoms with Crippen LogP contribution in [0.15, 0.2) is 24.3 Å². The molecule has 2 nitrogen and oxygen atoms in total. The van der Waals surface area contributed by atoms with Gasteiger partial charge in [-0.3, -0.25) is 4.90 Å². The predicted molar refractivity (Wildman–Crippen MR) is 76.6 cm³/mol. The summed E-state index contributed by atoms with van der Waals surface area (Å²) in [6.07, 6.45) is 8.52. The molecule has 0 aromatic heterocycles. The van der Waals surface area contributed by atoms with E-state index in [1.165, 1.54) is 57.2 Å². The van der Waals surface area contributed by atoms with Gasteiger partial charge in [0.2, 0.25) is 0 Å². The van der Waals surface area contributed by atoms with Crippen LogP contribution in [0, 0.1) is 16.7 Å². The van der Waals surface area contributed by atoms with Crippen molar-refractivity contribution in [2.75, 3.05) is 13.1 Å². The molecule has 1 aliphatic carbocycles. The normalized spacial score (nSPS) is 22.5. The van der Waals surface area contributed by atoms with Crippen molar-refractivity contribution in [3.8, 4) is 6.07 Å². The smallest absolute Gasteiger partial charge is 0.0995 e. The third-order valence-corrected chi connectivity index (χ3v) is 5.11. The van der Waals surface area contributed by atoms with Gasteiger partial charge in [0.15, 0.2) is 0 Å². The Hall–Kier alpha value is -1.33. The lowest BCUT2D eigenvalue weighted by atomic mass is 9.77. The number of piperidine rings is 1. The third kappa shape index (κ3) is 2.67. The van der Waals surface area contributed by atoms with Gasteiger partial charge in [-0.2, -0.15) is 5.26 Å². The van der Waals surface area contributed by atoms with Crippen molar-refractivity contribution in [3.63, 3.8) is 0 Å². The van der Waals surface area contributed by atoms with E-state index in [4.69, 9.17) is 5.26 Å². The molecule has 2 aliphatic rings. The summed E-state index contributed by atoms with van der Waals surface area (Å²) in [5.41, 5.74) is 2.71. The van der Waals surface area contributed by atoms with Crippen molar-refractivity contribution in [1.82, 2.24) is 4.90 Å². The maximum atomic E-state index is 9.15. The Bertz CT molecular complexity index is 470. The Balaban J connectivity index is 1.62. The highest BCUT2D eigenvalue weighted by atomic mass is 15.1. The average molecular weight is 254 g/mol. The number of hydrogen-bond acceptors (Lipinski definition) is 2. The molecule has 1 saturated heterocycles. The van der Waals surface area contributed by atoms with Crippen molar-refractivity contribution < 1.29 is 0 Å². The van der Waals surface area contributed by atoms with E-state index in [9.17, 15) is 0 Å². The van der Waals surface area contributed by atoms with Gasteiger partial charge >= 0.3 is 0 Å². The highest BCUT2D eigenvalue weighted by molar-refractivity contribution is 5.37. The lowest BCUT2D eigenvalue weighted by Gasteiger charge is -2.39. The molecule has 100 valence electrons. The molecule has 1 spiro atoms. The van der Waals surface area contributed by atoms with E-state index in [0.29, 0.717) is 5.41 Å². The second-order valence-corrected chi connectivity index (χ2v) is 6.25. The number of rotatable bonds is 2. The fourth-order valence-corrected chi connectivity index (χ4v) is 3.82. The fourth-order valence-electron chi connectivity index (χ4n) is 3.82. The van der Waals surface area contributed by atoms with Crippen LogP contribution in [0.25, 0.3) is 0 Å². The minimum Gasteiger partial charge on any atom is -0.299 e. The van der Waals surface area contributed by atoms with Gasteiger partial charge < -0.3 is 0 Å². The molecular formula is C17H22N2. The lowest BCUT2D eigenvalue weighted by molar-refractivity contribution is 0.103. The minimum atomic E-state index is 0.686. The molecule has 1 heterocycles. The van der Waals surface area contributed by atoms with Gasteiger partial charge in [0.05, 0.1) is 11.6 Å². The number of benzene rings is 1. The first-order valence-corrected chi connectivity index (χ1v) is 7.52. The zero-order valence-electron chi connectivity index (χ0n) is 11.6. The summed E-state index contributed by atoms with van der Waals surface area (Å²) in [7, 11) is 0. The maximum absolute atomic E-state index is 9.15. The molecule has 0 atom stereocenters. The number of hydrogen-bond donors (Lipinski definition) is 0. The van der Waals surface area contributed by atoms with E-state index in [-0.39, 0.29) is 0 Å². The second-order valence-electron chi connectivity index (χ2n) is 6.25. The SMILES string of the molecule is N#Cc1ccccc1CN1CCC2(CCCC2)CC1. The molecule has 0 amide bonds. The van der Waals surface area contributed by atoms with Crippen LogP contribution in [0.4, 0.5) is 0 Å². The van der Waals surface area contributed by atoms with Crippen LogP contribution in [0.1, 0.15) is 49.7 Å². The number of likely N-dealkylation sites (tertiary alicyclic amines) is 1. The van der Waals surface area contributed by atoms with Gasteiger partial charge in [0, 0.05) is 6.54 Å². The summed E-state index contributed by atoms with van der Waals surface area (Å²) in [4.78, 5) is 2.53. The molecule has 3 rings (SSSR count). The van der Waals surface area contributed by atoms with Crippen molar-refractivity contribution in [1.29, 1.82) is 5.26 Å². The molecule has 2 heteroatoms. The van der Waals surface area contributed by atoms with Crippen LogP contribution < -0.4 is 0 Å². The zero-order valence-corrected chi connectivity index (χ0v) is 11.6. The van der Waals surface area contributed by atoms with Crippen LogP contribution in [0.2, 0.25) is 0 Å². The molecule has 19 heavy (non-hydrogen) atoms. The van der Waals surface area contributed by atoms with Gasteiger partial charge in [0.1, 0.15) is 0 Å². The van der Waals surface area contributed by atoms with E-state index in [0.717, 1.165) is 12.1 Å². The van der Waals surface area contributed by atoms with Crippen LogP contribution in [-0.2, 0) is 6.54 Å². The van der Waals surface area contributed by atoms with Gasteiger partial charge in [-0.1, -0.05) is 31.0 Å². The average Bonchev–Trinajstić information content (AvgIpc) is 2.91. The lowest BCUT2D eigenvalue weighted by Crippen LogP contribution is -2.38. The van der Waals surface area contributed by atoms with Gasteiger partial charge in [-0.15, -0.1) is 0 Å². The van der Waals surface area contributed by atoms with Gasteiger partial charge in [-0.05, 0) is 55.8 Å². The van der Waals surface area contributed by atoms with E-state index in [1.807, 2.05) is 18.2 Å². The van der Waals surface area contributed by atoms with Crippen molar-refractivity contribution in [2.24, 2.45) is 5.41 Å². The van der Waals surface area contributed by atoms with Gasteiger partial charge in [0.25, 0.3) is 0 Å². The molecule has 0 radical (unpaired) electrons. The molecular weight excluding hydrogens is 232 g/mol. The highest BCUT2D eigenvalue weighted by Gasteiger charge is 2.36. The molecule has 1 aromatic rings. The molecule has 0 unspecified atom stereocenters. The third-order valence-electron chi connectivity index (χ3n) is 5.11. The van der Waals surface area contributed by atoms with E-state index in [2.05, 4.69) is 17.0 Å². The Morgan fingerprint density at radius 1 is 1.05 bits per heavy atom. The van der Waals surface area contributed by atoms with Crippen molar-refractivity contribution in [3.05, 3.63) is 35.4 Å². The number of nitriles is 1. The topological polar surface area (TPSA) is 27.0 Å². The van der Waals surface area contributed by atoms with Crippen LogP contribution in [0.5, 0.6) is 0 Å². The summed E-state index contributed by atoms with van der Waals surface area (Å²) in [5, 5.41) is 9.15. The highest BCUT2D eigenvalue weighted by Crippen LogP contribution is 2.46. The van der Waals surface area contributed by atoms with E-state index < -0.39 is 0 Å². The summed E-state index contributed by atoms with van der Waals surface area (Å²) in [5.74, 6) is 0. The quantitative estimate of drug-likeness (QED) is 0.804. The summed E-state index contributed by atoms with van der Waals surface area (Å²) in [6.45, 7) is 3.36. The Morgan fingerprint density at radius 3 is 2.42 bits per heavy atom. The van der Waals surface area contributed by atoms with Crippen LogP contribution >= 0.6 is 0 Å². The Kier molecular flexibility index (Phi) is 3.57. The van der Waals surface area contributed by atoms with Crippen molar-refractivity contribution >= 4 is 0 Å². The van der Waals surface area contributed by atoms with Gasteiger partial charge in [-0.25, -0.2) is 0 Å². The van der Waals surface area contributed by atoms with Crippen LogP contribution in [-0.4, -0.2) is 18.0 Å². The standard InChI is InChI=1S/C17H22N2/c18-13-15-5-1-2-6-16(15)14-19-11-9-17(10-12-19)7-3-4-8-17/h1-2,5-6H,3-4,7-12,14H2. The molecule has 0 N–H and O–H groups in total. The predicted octanol–water partition coefficient (Wildman–Crippen LogP) is 3.71. The Labute approximate surface area is 116 Å². The first-order valence-electron chi connectivity index (χ1n) is 7.52. The van der Waals surface area contributed by atoms with Crippen molar-refractivity contribution in [2.45, 2.75) is 45.1 Å².